The summed E-state index contributed by atoms with van der Waals surface area (Å²) in [5.41, 5.74) is 6.42. The van der Waals surface area contributed by atoms with Gasteiger partial charge in [0.05, 0.1) is 6.04 Å². The van der Waals surface area contributed by atoms with E-state index in [2.05, 4.69) is 5.16 Å². The van der Waals surface area contributed by atoms with E-state index in [1.54, 1.807) is 24.3 Å². The molecular weight excluding hydrogens is 258 g/mol. The fourth-order valence-corrected chi connectivity index (χ4v) is 2.17. The number of oxime groups is 1. The van der Waals surface area contributed by atoms with Crippen LogP contribution >= 0.6 is 0 Å². The molecule has 0 aliphatic carbocycles. The molecule has 1 atom stereocenters. The third-order valence-electron chi connectivity index (χ3n) is 3.11. The number of benzene rings is 1. The maximum atomic E-state index is 11.4. The van der Waals surface area contributed by atoms with Crippen molar-refractivity contribution in [1.82, 2.24) is 4.90 Å². The van der Waals surface area contributed by atoms with Crippen molar-refractivity contribution in [3.05, 3.63) is 35.4 Å². The van der Waals surface area contributed by atoms with Crippen LogP contribution in [-0.2, 0) is 0 Å². The second-order valence-electron chi connectivity index (χ2n) is 5.61. The minimum absolute atomic E-state index is 0.0233. The number of nitrogens with two attached hydrogens (primary N) is 1. The van der Waals surface area contributed by atoms with Gasteiger partial charge < -0.3 is 16.0 Å². The Morgan fingerprint density at radius 3 is 2.15 bits per heavy atom. The normalized spacial score (nSPS) is 13.9. The molecule has 1 aromatic rings. The molecule has 0 saturated carbocycles. The number of carbonyl (C=O) groups is 1. The van der Waals surface area contributed by atoms with Gasteiger partial charge in [-0.3, -0.25) is 4.90 Å². The van der Waals surface area contributed by atoms with E-state index in [1.807, 2.05) is 27.7 Å². The lowest BCUT2D eigenvalue weighted by atomic mass is 9.99. The fourth-order valence-electron chi connectivity index (χ4n) is 2.17. The van der Waals surface area contributed by atoms with Crippen molar-refractivity contribution in [3.8, 4) is 0 Å². The van der Waals surface area contributed by atoms with Crippen molar-refractivity contribution in [3.63, 3.8) is 0 Å². The molecule has 0 aliphatic rings. The van der Waals surface area contributed by atoms with Crippen molar-refractivity contribution >= 4 is 11.9 Å². The van der Waals surface area contributed by atoms with E-state index in [1.165, 1.54) is 4.90 Å². The van der Waals surface area contributed by atoms with Gasteiger partial charge in [0.15, 0.2) is 5.84 Å². The van der Waals surface area contributed by atoms with Crippen molar-refractivity contribution in [2.45, 2.75) is 39.3 Å². The van der Waals surface area contributed by atoms with Gasteiger partial charge in [-0.05, 0) is 33.3 Å². The average Bonchev–Trinajstić information content (AvgIpc) is 2.35. The maximum Gasteiger partial charge on any atom is 0.408 e. The topological polar surface area (TPSA) is 99.2 Å². The molecule has 1 amide bonds. The molecule has 0 aromatic heterocycles. The molecule has 0 saturated heterocycles. The predicted molar refractivity (Wildman–Crippen MR) is 77.0 cm³/mol. The third-order valence-corrected chi connectivity index (χ3v) is 3.11. The number of carboxylic acid groups (broad SMARTS) is 1. The Morgan fingerprint density at radius 2 is 1.80 bits per heavy atom. The summed E-state index contributed by atoms with van der Waals surface area (Å²) in [5.74, 6) is 0.0233. The Labute approximate surface area is 118 Å². The quantitative estimate of drug-likeness (QED) is 0.343. The van der Waals surface area contributed by atoms with Crippen molar-refractivity contribution < 1.29 is 15.1 Å². The molecule has 0 unspecified atom stereocenters. The summed E-state index contributed by atoms with van der Waals surface area (Å²) in [4.78, 5) is 12.8. The van der Waals surface area contributed by atoms with E-state index in [0.29, 0.717) is 5.56 Å². The highest BCUT2D eigenvalue weighted by Gasteiger charge is 2.31. The molecule has 0 heterocycles. The molecule has 1 aromatic carbocycles. The van der Waals surface area contributed by atoms with E-state index in [-0.39, 0.29) is 11.9 Å². The van der Waals surface area contributed by atoms with Gasteiger partial charge in [0.25, 0.3) is 0 Å². The molecule has 0 fully saturated rings. The molecule has 6 heteroatoms. The summed E-state index contributed by atoms with van der Waals surface area (Å²) < 4.78 is 0. The summed E-state index contributed by atoms with van der Waals surface area (Å²) in [6.07, 6.45) is -0.967. The monoisotopic (exact) mass is 279 g/mol. The Bertz CT molecular complexity index is 503. The van der Waals surface area contributed by atoms with Crippen LogP contribution in [0.2, 0.25) is 0 Å². The molecule has 0 spiro atoms. The predicted octanol–water partition coefficient (Wildman–Crippen LogP) is 2.62. The lowest BCUT2D eigenvalue weighted by Gasteiger charge is -2.38. The summed E-state index contributed by atoms with van der Waals surface area (Å²) in [5, 5.41) is 20.9. The van der Waals surface area contributed by atoms with Gasteiger partial charge in [0, 0.05) is 11.1 Å². The Hall–Kier alpha value is -2.24. The van der Waals surface area contributed by atoms with Gasteiger partial charge in [-0.25, -0.2) is 4.79 Å². The Balaban J connectivity index is 3.08. The van der Waals surface area contributed by atoms with Crippen LogP contribution in [0.15, 0.2) is 29.4 Å². The summed E-state index contributed by atoms with van der Waals surface area (Å²) in [6.45, 7) is 7.38. The van der Waals surface area contributed by atoms with E-state index in [0.717, 1.165) is 5.56 Å². The van der Waals surface area contributed by atoms with Crippen LogP contribution in [0.5, 0.6) is 0 Å². The van der Waals surface area contributed by atoms with Gasteiger partial charge in [0.1, 0.15) is 0 Å². The Kier molecular flexibility index (Phi) is 4.60. The van der Waals surface area contributed by atoms with Crippen LogP contribution in [0.4, 0.5) is 4.79 Å². The number of hydrogen-bond donors (Lipinski definition) is 3. The van der Waals surface area contributed by atoms with Crippen LogP contribution in [0.3, 0.4) is 0 Å². The smallest absolute Gasteiger partial charge is 0.408 e. The molecule has 4 N–H and O–H groups in total. The largest absolute Gasteiger partial charge is 0.465 e. The molecule has 1 rings (SSSR count). The average molecular weight is 279 g/mol. The van der Waals surface area contributed by atoms with Crippen molar-refractivity contribution in [2.24, 2.45) is 10.9 Å². The highest BCUT2D eigenvalue weighted by molar-refractivity contribution is 5.96. The summed E-state index contributed by atoms with van der Waals surface area (Å²) in [7, 11) is 0. The zero-order valence-electron chi connectivity index (χ0n) is 12.2. The minimum atomic E-state index is -0.967. The second kappa shape index (κ2) is 5.81. The van der Waals surface area contributed by atoms with Gasteiger partial charge in [-0.1, -0.05) is 29.4 Å². The maximum absolute atomic E-state index is 11.4. The van der Waals surface area contributed by atoms with Crippen LogP contribution < -0.4 is 5.73 Å². The minimum Gasteiger partial charge on any atom is -0.465 e. The first-order valence-corrected chi connectivity index (χ1v) is 6.28. The lowest BCUT2D eigenvalue weighted by Crippen LogP contribution is -2.46. The van der Waals surface area contributed by atoms with E-state index < -0.39 is 11.6 Å². The molecule has 0 radical (unpaired) electrons. The van der Waals surface area contributed by atoms with Crippen LogP contribution in [0.1, 0.15) is 44.9 Å². The molecule has 0 aliphatic heterocycles. The molecular formula is C14H21N3O3. The summed E-state index contributed by atoms with van der Waals surface area (Å²) >= 11 is 0. The van der Waals surface area contributed by atoms with Crippen molar-refractivity contribution in [2.75, 3.05) is 0 Å². The first kappa shape index (κ1) is 15.8. The van der Waals surface area contributed by atoms with E-state index in [4.69, 9.17) is 10.9 Å². The molecule has 6 nitrogen and oxygen atoms in total. The van der Waals surface area contributed by atoms with Gasteiger partial charge in [-0.2, -0.15) is 0 Å². The highest BCUT2D eigenvalue weighted by Crippen LogP contribution is 2.28. The number of amidine groups is 1. The van der Waals surface area contributed by atoms with Crippen LogP contribution in [0.25, 0.3) is 0 Å². The number of amides is 1. The molecule has 20 heavy (non-hydrogen) atoms. The second-order valence-corrected chi connectivity index (χ2v) is 5.61. The fraction of sp³-hybridized carbons (Fsp3) is 0.429. The van der Waals surface area contributed by atoms with Gasteiger partial charge in [0.2, 0.25) is 0 Å². The molecule has 110 valence electrons. The van der Waals surface area contributed by atoms with Crippen LogP contribution in [-0.4, -0.2) is 32.7 Å². The van der Waals surface area contributed by atoms with Crippen LogP contribution in [0, 0.1) is 0 Å². The first-order chi connectivity index (χ1) is 9.18. The first-order valence-electron chi connectivity index (χ1n) is 6.28. The van der Waals surface area contributed by atoms with Crippen molar-refractivity contribution in [1.29, 1.82) is 0 Å². The zero-order chi connectivity index (χ0) is 15.5. The number of rotatable bonds is 3. The lowest BCUT2D eigenvalue weighted by molar-refractivity contribution is 0.0753. The van der Waals surface area contributed by atoms with Gasteiger partial charge >= 0.3 is 6.09 Å². The SMILES string of the molecule is C[C@@H](c1ccc(/C(N)=N\O)cc1)N(C(=O)O)C(C)(C)C. The highest BCUT2D eigenvalue weighted by atomic mass is 16.4. The van der Waals surface area contributed by atoms with Gasteiger partial charge in [-0.15, -0.1) is 0 Å². The third kappa shape index (κ3) is 3.40. The molecule has 0 bridgehead atoms. The zero-order valence-corrected chi connectivity index (χ0v) is 12.2. The summed E-state index contributed by atoms with van der Waals surface area (Å²) in [6, 6.07) is 6.65. The van der Waals surface area contributed by atoms with E-state index in [9.17, 15) is 9.90 Å². The standard InChI is InChI=1S/C14H21N3O3/c1-9(17(13(18)19)14(2,3)4)10-5-7-11(8-6-10)12(15)16-20/h5-9,20H,1-4H3,(H2,15,16)(H,18,19)/t9-/m0/s1. The number of nitrogens with zero attached hydrogens (tertiary/aromatic N) is 2. The Morgan fingerprint density at radius 1 is 1.30 bits per heavy atom. The van der Waals surface area contributed by atoms with E-state index >= 15 is 0 Å². The number of hydrogen-bond acceptors (Lipinski definition) is 3.